The highest BCUT2D eigenvalue weighted by Gasteiger charge is 2.30. The molecule has 0 radical (unpaired) electrons. The fourth-order valence-electron chi connectivity index (χ4n) is 1.69. The van der Waals surface area contributed by atoms with Gasteiger partial charge in [-0.2, -0.15) is 0 Å². The number of nitrogens with one attached hydrogen (secondary N) is 1. The molecule has 1 nitrogen and oxygen atoms in total. The van der Waals surface area contributed by atoms with Gasteiger partial charge in [-0.25, -0.2) is 0 Å². The Morgan fingerprint density at radius 3 is 2.17 bits per heavy atom. The van der Waals surface area contributed by atoms with E-state index < -0.39 is 0 Å². The second-order valence-electron chi connectivity index (χ2n) is 4.74. The first-order valence-corrected chi connectivity index (χ1v) is 5.34. The smallest absolute Gasteiger partial charge is 0.00104 e. The van der Waals surface area contributed by atoms with Crippen LogP contribution in [0.3, 0.4) is 0 Å². The molecule has 0 aromatic carbocycles. The van der Waals surface area contributed by atoms with Crippen LogP contribution in [-0.2, 0) is 0 Å². The lowest BCUT2D eigenvalue weighted by Crippen LogP contribution is -2.30. The molecule has 12 heavy (non-hydrogen) atoms. The molecule has 2 unspecified atom stereocenters. The topological polar surface area (TPSA) is 12.0 Å². The van der Waals surface area contributed by atoms with E-state index in [2.05, 4.69) is 33.0 Å². The zero-order valence-electron chi connectivity index (χ0n) is 8.93. The molecule has 0 spiro atoms. The summed E-state index contributed by atoms with van der Waals surface area (Å²) in [5.74, 6) is 2.82. The van der Waals surface area contributed by atoms with Gasteiger partial charge in [0.1, 0.15) is 0 Å². The minimum absolute atomic E-state index is 0.638. The van der Waals surface area contributed by atoms with Crippen LogP contribution in [0.5, 0.6) is 0 Å². The van der Waals surface area contributed by atoms with Gasteiger partial charge in [-0.1, -0.05) is 27.7 Å². The molecule has 0 aliphatic heterocycles. The van der Waals surface area contributed by atoms with Crippen molar-refractivity contribution in [1.82, 2.24) is 5.32 Å². The first-order valence-electron chi connectivity index (χ1n) is 5.34. The van der Waals surface area contributed by atoms with Crippen molar-refractivity contribution in [1.29, 1.82) is 0 Å². The molecule has 2 atom stereocenters. The lowest BCUT2D eigenvalue weighted by Gasteiger charge is -2.21. The van der Waals surface area contributed by atoms with E-state index in [0.29, 0.717) is 6.04 Å². The molecular formula is C11H23N. The van der Waals surface area contributed by atoms with E-state index in [-0.39, 0.29) is 0 Å². The van der Waals surface area contributed by atoms with Gasteiger partial charge in [-0.05, 0) is 37.1 Å². The molecule has 1 aliphatic carbocycles. The maximum atomic E-state index is 3.51. The Hall–Kier alpha value is -0.0400. The van der Waals surface area contributed by atoms with Crippen LogP contribution in [0.25, 0.3) is 0 Å². The highest BCUT2D eigenvalue weighted by atomic mass is 14.9. The Labute approximate surface area is 76.9 Å². The summed E-state index contributed by atoms with van der Waals surface area (Å²) in [6.07, 6.45) is 2.96. The predicted molar refractivity (Wildman–Crippen MR) is 54.2 cm³/mol. The fraction of sp³-hybridized carbons (Fsp3) is 1.00. The van der Waals surface area contributed by atoms with E-state index in [1.807, 2.05) is 0 Å². The molecule has 0 aromatic heterocycles. The highest BCUT2D eigenvalue weighted by molar-refractivity contribution is 4.82. The predicted octanol–water partition coefficient (Wildman–Crippen LogP) is 2.67. The zero-order valence-corrected chi connectivity index (χ0v) is 8.93. The van der Waals surface area contributed by atoms with Crippen molar-refractivity contribution in [3.8, 4) is 0 Å². The van der Waals surface area contributed by atoms with Crippen molar-refractivity contribution in [2.45, 2.75) is 46.6 Å². The first-order chi connectivity index (χ1) is 5.61. The molecule has 0 saturated heterocycles. The van der Waals surface area contributed by atoms with Crippen molar-refractivity contribution < 1.29 is 0 Å². The van der Waals surface area contributed by atoms with Crippen molar-refractivity contribution >= 4 is 0 Å². The quantitative estimate of drug-likeness (QED) is 0.667. The maximum Gasteiger partial charge on any atom is 0.00104 e. The van der Waals surface area contributed by atoms with Crippen LogP contribution in [0.15, 0.2) is 0 Å². The molecule has 1 aliphatic rings. The first kappa shape index (κ1) is 10.0. The zero-order chi connectivity index (χ0) is 9.14. The van der Waals surface area contributed by atoms with Gasteiger partial charge in [-0.3, -0.25) is 0 Å². The third kappa shape index (κ3) is 3.14. The molecule has 0 aromatic rings. The van der Waals surface area contributed by atoms with Crippen LogP contribution in [-0.4, -0.2) is 12.6 Å². The second kappa shape index (κ2) is 4.27. The number of rotatable bonds is 5. The molecule has 0 amide bonds. The van der Waals surface area contributed by atoms with Crippen LogP contribution < -0.4 is 5.32 Å². The maximum absolute atomic E-state index is 3.51. The van der Waals surface area contributed by atoms with Crippen molar-refractivity contribution in [2.75, 3.05) is 6.54 Å². The van der Waals surface area contributed by atoms with Crippen LogP contribution in [0.2, 0.25) is 0 Å². The molecule has 1 heteroatoms. The van der Waals surface area contributed by atoms with Gasteiger partial charge in [0.25, 0.3) is 0 Å². The fourth-order valence-corrected chi connectivity index (χ4v) is 1.69. The molecule has 1 N–H and O–H groups in total. The van der Waals surface area contributed by atoms with Crippen LogP contribution >= 0.6 is 0 Å². The second-order valence-corrected chi connectivity index (χ2v) is 4.74. The average Bonchev–Trinajstić information content (AvgIpc) is 2.80. The molecular weight excluding hydrogens is 146 g/mol. The Morgan fingerprint density at radius 2 is 1.75 bits per heavy atom. The average molecular weight is 169 g/mol. The van der Waals surface area contributed by atoms with E-state index in [1.165, 1.54) is 19.4 Å². The van der Waals surface area contributed by atoms with Crippen LogP contribution in [0, 0.1) is 17.8 Å². The lowest BCUT2D eigenvalue weighted by molar-refractivity contribution is 0.323. The Balaban J connectivity index is 2.13. The normalized spacial score (nSPS) is 22.8. The largest absolute Gasteiger partial charge is 0.314 e. The molecule has 1 fully saturated rings. The summed E-state index contributed by atoms with van der Waals surface area (Å²) in [6, 6.07) is 0.638. The minimum Gasteiger partial charge on any atom is -0.314 e. The monoisotopic (exact) mass is 169 g/mol. The van der Waals surface area contributed by atoms with Gasteiger partial charge in [0.15, 0.2) is 0 Å². The summed E-state index contributed by atoms with van der Waals surface area (Å²) in [4.78, 5) is 0. The highest BCUT2D eigenvalue weighted by Crippen LogP contribution is 2.39. The molecule has 72 valence electrons. The van der Waals surface area contributed by atoms with Gasteiger partial charge in [-0.15, -0.1) is 0 Å². The van der Waals surface area contributed by atoms with E-state index in [0.717, 1.165) is 17.8 Å². The van der Waals surface area contributed by atoms with Gasteiger partial charge in [0, 0.05) is 6.04 Å². The van der Waals surface area contributed by atoms with Crippen molar-refractivity contribution in [3.63, 3.8) is 0 Å². The van der Waals surface area contributed by atoms with E-state index >= 15 is 0 Å². The van der Waals surface area contributed by atoms with Crippen molar-refractivity contribution in [2.24, 2.45) is 17.8 Å². The van der Waals surface area contributed by atoms with Gasteiger partial charge >= 0.3 is 0 Å². The Morgan fingerprint density at radius 1 is 1.17 bits per heavy atom. The van der Waals surface area contributed by atoms with Crippen LogP contribution in [0.1, 0.15) is 40.5 Å². The summed E-state index contributed by atoms with van der Waals surface area (Å²) in [5, 5.41) is 3.51. The van der Waals surface area contributed by atoms with Crippen molar-refractivity contribution in [3.05, 3.63) is 0 Å². The standard InChI is InChI=1S/C11H23N/c1-8(2)12-7-9(3)10(4)11-5-6-11/h8-12H,5-7H2,1-4H3. The summed E-state index contributed by atoms with van der Waals surface area (Å²) in [5.41, 5.74) is 0. The minimum atomic E-state index is 0.638. The van der Waals surface area contributed by atoms with E-state index in [1.54, 1.807) is 0 Å². The third-order valence-corrected chi connectivity index (χ3v) is 3.11. The molecule has 0 bridgehead atoms. The summed E-state index contributed by atoms with van der Waals surface area (Å²) in [6.45, 7) is 10.4. The SMILES string of the molecule is CC(C)NCC(C)C(C)C1CC1. The van der Waals surface area contributed by atoms with E-state index in [9.17, 15) is 0 Å². The summed E-state index contributed by atoms with van der Waals surface area (Å²) < 4.78 is 0. The number of hydrogen-bond donors (Lipinski definition) is 1. The lowest BCUT2D eigenvalue weighted by atomic mass is 9.91. The van der Waals surface area contributed by atoms with E-state index in [4.69, 9.17) is 0 Å². The Bertz CT molecular complexity index is 127. The molecule has 1 saturated carbocycles. The molecule has 0 heterocycles. The summed E-state index contributed by atoms with van der Waals surface area (Å²) >= 11 is 0. The van der Waals surface area contributed by atoms with Gasteiger partial charge < -0.3 is 5.32 Å². The van der Waals surface area contributed by atoms with Gasteiger partial charge in [0.05, 0.1) is 0 Å². The van der Waals surface area contributed by atoms with Crippen LogP contribution in [0.4, 0.5) is 0 Å². The van der Waals surface area contributed by atoms with Gasteiger partial charge in [0.2, 0.25) is 0 Å². The third-order valence-electron chi connectivity index (χ3n) is 3.11. The molecule has 1 rings (SSSR count). The number of hydrogen-bond acceptors (Lipinski definition) is 1. The Kier molecular flexibility index (Phi) is 3.57. The summed E-state index contributed by atoms with van der Waals surface area (Å²) in [7, 11) is 0.